The fourth-order valence-electron chi connectivity index (χ4n) is 1.41. The topological polar surface area (TPSA) is 53.0 Å². The largest absolute Gasteiger partial charge is 0.292 e. The lowest BCUT2D eigenvalue weighted by Gasteiger charge is -2.34. The molecule has 1 fully saturated rings. The molecule has 1 heterocycles. The average molecular weight is 255 g/mol. The van der Waals surface area contributed by atoms with Gasteiger partial charge in [-0.25, -0.2) is 0 Å². The van der Waals surface area contributed by atoms with Crippen LogP contribution in [0.2, 0.25) is 0 Å². The zero-order valence-electron chi connectivity index (χ0n) is 10.1. The molecular weight excluding hydrogens is 238 g/mol. The van der Waals surface area contributed by atoms with E-state index in [1.165, 1.54) is 18.3 Å². The van der Waals surface area contributed by atoms with Crippen LogP contribution in [0.1, 0.15) is 13.8 Å². The van der Waals surface area contributed by atoms with Crippen LogP contribution >= 0.6 is 12.1 Å². The Bertz CT molecular complexity index is 322. The molecule has 0 saturated carbocycles. The molecule has 1 aliphatic heterocycles. The van der Waals surface area contributed by atoms with Crippen LogP contribution in [0.3, 0.4) is 0 Å². The summed E-state index contributed by atoms with van der Waals surface area (Å²) < 4.78 is 3.16. The third kappa shape index (κ3) is 3.09. The van der Waals surface area contributed by atoms with Gasteiger partial charge in [0.05, 0.1) is 18.7 Å². The highest BCUT2D eigenvalue weighted by Crippen LogP contribution is 2.26. The number of hydrogen-bond donors (Lipinski definition) is 0. The van der Waals surface area contributed by atoms with Gasteiger partial charge in [-0.1, -0.05) is 6.08 Å². The van der Waals surface area contributed by atoms with E-state index >= 15 is 0 Å². The molecule has 1 aliphatic rings. The van der Waals surface area contributed by atoms with Gasteiger partial charge < -0.3 is 0 Å². The van der Waals surface area contributed by atoms with Gasteiger partial charge in [-0.2, -0.15) is 0 Å². The quantitative estimate of drug-likeness (QED) is 0.320. The van der Waals surface area contributed by atoms with Gasteiger partial charge in [-0.3, -0.25) is 23.2 Å². The first kappa shape index (κ1) is 13.8. The van der Waals surface area contributed by atoms with Crippen molar-refractivity contribution in [2.45, 2.75) is 13.8 Å². The zero-order valence-corrected chi connectivity index (χ0v) is 10.9. The molecule has 0 N–H and O–H groups in total. The Morgan fingerprint density at radius 3 is 2.24 bits per heavy atom. The Morgan fingerprint density at radius 1 is 1.29 bits per heavy atom. The summed E-state index contributed by atoms with van der Waals surface area (Å²) in [6, 6.07) is 0. The molecule has 0 aromatic carbocycles. The summed E-state index contributed by atoms with van der Waals surface area (Å²) in [6.45, 7) is 8.85. The van der Waals surface area contributed by atoms with Crippen molar-refractivity contribution in [3.8, 4) is 0 Å². The zero-order chi connectivity index (χ0) is 12.8. The van der Waals surface area contributed by atoms with Crippen molar-refractivity contribution in [1.29, 1.82) is 0 Å². The first-order chi connectivity index (χ1) is 8.15. The van der Waals surface area contributed by atoms with Gasteiger partial charge in [0.25, 0.3) is 11.8 Å². The summed E-state index contributed by atoms with van der Waals surface area (Å²) >= 11 is 1.18. The molecule has 17 heavy (non-hydrogen) atoms. The van der Waals surface area contributed by atoms with Crippen molar-refractivity contribution in [2.75, 3.05) is 19.6 Å². The maximum atomic E-state index is 12.0. The van der Waals surface area contributed by atoms with Crippen LogP contribution in [-0.4, -0.2) is 46.3 Å². The van der Waals surface area contributed by atoms with Crippen LogP contribution in [-0.2, 0) is 9.59 Å². The Labute approximate surface area is 106 Å². The van der Waals surface area contributed by atoms with Gasteiger partial charge >= 0.3 is 0 Å². The molecule has 0 radical (unpaired) electrons. The number of nitrogens with zero attached hydrogens (tertiary/aromatic N) is 3. The monoisotopic (exact) mass is 255 g/mol. The lowest BCUT2D eigenvalue weighted by molar-refractivity contribution is -0.140. The molecule has 1 rings (SSSR count). The summed E-state index contributed by atoms with van der Waals surface area (Å²) in [5, 5.41) is 0. The van der Waals surface area contributed by atoms with Crippen LogP contribution in [0.4, 0.5) is 0 Å². The molecule has 6 heteroatoms. The van der Waals surface area contributed by atoms with Crippen molar-refractivity contribution < 1.29 is 9.59 Å². The Hall–Kier alpha value is -1.30. The summed E-state index contributed by atoms with van der Waals surface area (Å²) in [7, 11) is 0. The summed E-state index contributed by atoms with van der Waals surface area (Å²) in [4.78, 5) is 27.9. The predicted octanol–water partition coefficient (Wildman–Crippen LogP) is 1.13. The maximum absolute atomic E-state index is 12.0. The van der Waals surface area contributed by atoms with Crippen LogP contribution in [0.25, 0.3) is 0 Å². The van der Waals surface area contributed by atoms with E-state index in [-0.39, 0.29) is 11.8 Å². The van der Waals surface area contributed by atoms with Gasteiger partial charge in [0.2, 0.25) is 0 Å². The second-order valence-electron chi connectivity index (χ2n) is 3.43. The first-order valence-electron chi connectivity index (χ1n) is 5.57. The number of carbonyl (C=O) groups is 2. The Balaban J connectivity index is 2.85. The minimum Gasteiger partial charge on any atom is -0.292 e. The van der Waals surface area contributed by atoms with E-state index in [1.807, 2.05) is 13.8 Å². The van der Waals surface area contributed by atoms with Crippen LogP contribution in [0.15, 0.2) is 17.6 Å². The summed E-state index contributed by atoms with van der Waals surface area (Å²) in [6.07, 6.45) is 3.05. The first-order valence-corrected chi connectivity index (χ1v) is 6.30. The van der Waals surface area contributed by atoms with Gasteiger partial charge in [0, 0.05) is 19.3 Å². The SMILES string of the molecule is C=CCN=CC1C(=O)N(CC)SN(CC)C1=O. The van der Waals surface area contributed by atoms with E-state index in [0.29, 0.717) is 19.6 Å². The molecule has 5 nitrogen and oxygen atoms in total. The fraction of sp³-hybridized carbons (Fsp3) is 0.545. The van der Waals surface area contributed by atoms with Crippen LogP contribution < -0.4 is 0 Å². The van der Waals surface area contributed by atoms with E-state index < -0.39 is 5.92 Å². The minimum atomic E-state index is -0.781. The molecule has 0 spiro atoms. The highest BCUT2D eigenvalue weighted by molar-refractivity contribution is 7.95. The van der Waals surface area contributed by atoms with E-state index in [0.717, 1.165) is 0 Å². The number of aliphatic imine (C=N–C) groups is 1. The third-order valence-corrected chi connectivity index (χ3v) is 3.55. The molecule has 0 aromatic heterocycles. The van der Waals surface area contributed by atoms with Gasteiger partial charge in [0.15, 0.2) is 5.92 Å². The second-order valence-corrected chi connectivity index (χ2v) is 4.47. The minimum absolute atomic E-state index is 0.194. The highest BCUT2D eigenvalue weighted by atomic mass is 32.2. The third-order valence-electron chi connectivity index (χ3n) is 2.28. The van der Waals surface area contributed by atoms with Crippen molar-refractivity contribution in [3.63, 3.8) is 0 Å². The number of amides is 2. The molecule has 2 amide bonds. The molecule has 0 unspecified atom stereocenters. The molecule has 0 aliphatic carbocycles. The van der Waals surface area contributed by atoms with Crippen molar-refractivity contribution >= 4 is 30.2 Å². The number of rotatable bonds is 5. The Morgan fingerprint density at radius 2 is 1.82 bits per heavy atom. The van der Waals surface area contributed by atoms with Crippen molar-refractivity contribution in [2.24, 2.45) is 10.9 Å². The van der Waals surface area contributed by atoms with Gasteiger partial charge in [0.1, 0.15) is 0 Å². The van der Waals surface area contributed by atoms with E-state index in [4.69, 9.17) is 0 Å². The van der Waals surface area contributed by atoms with Gasteiger partial charge in [-0.15, -0.1) is 6.58 Å². The molecular formula is C11H17N3O2S. The number of hydrogen-bond acceptors (Lipinski definition) is 4. The Kier molecular flexibility index (Phi) is 5.21. The lowest BCUT2D eigenvalue weighted by atomic mass is 10.1. The smallest absolute Gasteiger partial charge is 0.251 e. The molecule has 0 bridgehead atoms. The van der Waals surface area contributed by atoms with Crippen molar-refractivity contribution in [1.82, 2.24) is 8.61 Å². The second kappa shape index (κ2) is 6.44. The van der Waals surface area contributed by atoms with Crippen LogP contribution in [0, 0.1) is 5.92 Å². The van der Waals surface area contributed by atoms with E-state index in [2.05, 4.69) is 11.6 Å². The molecule has 0 atom stereocenters. The number of carbonyl (C=O) groups excluding carboxylic acids is 2. The standard InChI is InChI=1S/C11H17N3O2S/c1-4-7-12-8-9-10(15)13(5-2)17-14(6-3)11(9)16/h4,8-9H,1,5-7H2,2-3H3. The lowest BCUT2D eigenvalue weighted by Crippen LogP contribution is -2.49. The fourth-order valence-corrected chi connectivity index (χ4v) is 2.27. The average Bonchev–Trinajstić information content (AvgIpc) is 2.34. The predicted molar refractivity (Wildman–Crippen MR) is 69.4 cm³/mol. The van der Waals surface area contributed by atoms with E-state index in [1.54, 1.807) is 14.7 Å². The normalized spacial score (nSPS) is 18.2. The molecule has 94 valence electrons. The maximum Gasteiger partial charge on any atom is 0.251 e. The summed E-state index contributed by atoms with van der Waals surface area (Å²) in [5.74, 6) is -1.17. The van der Waals surface area contributed by atoms with Gasteiger partial charge in [-0.05, 0) is 13.8 Å². The molecule has 0 aromatic rings. The van der Waals surface area contributed by atoms with Crippen LogP contribution in [0.5, 0.6) is 0 Å². The highest BCUT2D eigenvalue weighted by Gasteiger charge is 2.38. The van der Waals surface area contributed by atoms with E-state index in [9.17, 15) is 9.59 Å². The summed E-state index contributed by atoms with van der Waals surface area (Å²) in [5.41, 5.74) is 0. The van der Waals surface area contributed by atoms with Crippen molar-refractivity contribution in [3.05, 3.63) is 12.7 Å². The molecule has 1 saturated heterocycles.